The predicted octanol–water partition coefficient (Wildman–Crippen LogP) is 3.43. The number of aliphatic hydroxyl groups excluding tert-OH is 1. The molecule has 0 spiro atoms. The van der Waals surface area contributed by atoms with Gasteiger partial charge in [0.15, 0.2) is 0 Å². The molecule has 2 aromatic carbocycles. The molecule has 4 nitrogen and oxygen atoms in total. The fourth-order valence-electron chi connectivity index (χ4n) is 3.09. The van der Waals surface area contributed by atoms with Crippen LogP contribution in [-0.4, -0.2) is 19.6 Å². The Labute approximate surface area is 155 Å². The van der Waals surface area contributed by atoms with E-state index in [4.69, 9.17) is 11.6 Å². The number of halogens is 2. The van der Waals surface area contributed by atoms with Crippen molar-refractivity contribution in [3.05, 3.63) is 62.6 Å². The Kier molecular flexibility index (Phi) is 5.32. The summed E-state index contributed by atoms with van der Waals surface area (Å²) in [4.78, 5) is 0.211. The highest BCUT2D eigenvalue weighted by Crippen LogP contribution is 2.29. The first kappa shape index (κ1) is 17.9. The van der Waals surface area contributed by atoms with Crippen LogP contribution in [0, 0.1) is 0 Å². The zero-order chi connectivity index (χ0) is 17.3. The van der Waals surface area contributed by atoms with Crippen LogP contribution >= 0.6 is 27.5 Å². The average molecular weight is 431 g/mol. The van der Waals surface area contributed by atoms with E-state index in [0.29, 0.717) is 17.9 Å². The summed E-state index contributed by atoms with van der Waals surface area (Å²) in [6, 6.07) is 9.88. The summed E-state index contributed by atoms with van der Waals surface area (Å²) >= 11 is 9.26. The first-order chi connectivity index (χ1) is 11.4. The van der Waals surface area contributed by atoms with Crippen molar-refractivity contribution in [1.82, 2.24) is 4.72 Å². The highest BCUT2D eigenvalue weighted by molar-refractivity contribution is 9.10. The van der Waals surface area contributed by atoms with Gasteiger partial charge in [-0.2, -0.15) is 0 Å². The molecule has 0 fully saturated rings. The van der Waals surface area contributed by atoms with Crippen LogP contribution in [0.15, 0.2) is 45.8 Å². The van der Waals surface area contributed by atoms with Gasteiger partial charge >= 0.3 is 0 Å². The zero-order valence-corrected chi connectivity index (χ0v) is 16.0. The third-order valence-electron chi connectivity index (χ3n) is 4.22. The van der Waals surface area contributed by atoms with E-state index >= 15 is 0 Å². The molecule has 0 heterocycles. The summed E-state index contributed by atoms with van der Waals surface area (Å²) in [6.07, 6.45) is 2.05. The lowest BCUT2D eigenvalue weighted by Gasteiger charge is -2.27. The van der Waals surface area contributed by atoms with Gasteiger partial charge in [0, 0.05) is 15.5 Å². The number of rotatable bonds is 4. The van der Waals surface area contributed by atoms with E-state index in [0.717, 1.165) is 27.6 Å². The molecule has 2 aromatic rings. The van der Waals surface area contributed by atoms with Gasteiger partial charge in [0.2, 0.25) is 10.0 Å². The summed E-state index contributed by atoms with van der Waals surface area (Å²) in [5.41, 5.74) is 3.10. The molecule has 1 atom stereocenters. The van der Waals surface area contributed by atoms with Gasteiger partial charge in [-0.15, -0.1) is 0 Å². The van der Waals surface area contributed by atoms with E-state index in [1.165, 1.54) is 12.1 Å². The van der Waals surface area contributed by atoms with Crippen LogP contribution < -0.4 is 4.72 Å². The molecule has 24 heavy (non-hydrogen) atoms. The van der Waals surface area contributed by atoms with Crippen LogP contribution in [0.2, 0.25) is 5.02 Å². The monoisotopic (exact) mass is 429 g/mol. The molecule has 1 aliphatic carbocycles. The van der Waals surface area contributed by atoms with E-state index in [9.17, 15) is 13.5 Å². The maximum absolute atomic E-state index is 12.5. The van der Waals surface area contributed by atoms with Crippen molar-refractivity contribution in [2.24, 2.45) is 0 Å². The zero-order valence-electron chi connectivity index (χ0n) is 12.8. The lowest BCUT2D eigenvalue weighted by atomic mass is 9.86. The third-order valence-corrected chi connectivity index (χ3v) is 6.47. The molecule has 0 radical (unpaired) electrons. The van der Waals surface area contributed by atoms with Gasteiger partial charge in [0.25, 0.3) is 0 Å². The van der Waals surface area contributed by atoms with E-state index in [2.05, 4.69) is 20.7 Å². The molecule has 0 bridgehead atoms. The quantitative estimate of drug-likeness (QED) is 0.781. The predicted molar refractivity (Wildman–Crippen MR) is 97.7 cm³/mol. The van der Waals surface area contributed by atoms with Crippen LogP contribution in [0.4, 0.5) is 0 Å². The van der Waals surface area contributed by atoms with Gasteiger partial charge in [-0.3, -0.25) is 0 Å². The highest BCUT2D eigenvalue weighted by atomic mass is 79.9. The van der Waals surface area contributed by atoms with Gasteiger partial charge in [0.05, 0.1) is 11.5 Å². The van der Waals surface area contributed by atoms with Crippen molar-refractivity contribution < 1.29 is 13.5 Å². The number of hydrogen-bond donors (Lipinski definition) is 2. The van der Waals surface area contributed by atoms with E-state index in [-0.39, 0.29) is 17.5 Å². The molecule has 1 aliphatic rings. The van der Waals surface area contributed by atoms with Crippen molar-refractivity contribution in [2.45, 2.75) is 36.8 Å². The molecular formula is C17H17BrClNO3S. The number of aliphatic hydroxyl groups is 1. The van der Waals surface area contributed by atoms with Crippen molar-refractivity contribution in [3.8, 4) is 0 Å². The molecule has 3 rings (SSSR count). The smallest absolute Gasteiger partial charge is 0.240 e. The Morgan fingerprint density at radius 1 is 1.25 bits per heavy atom. The summed E-state index contributed by atoms with van der Waals surface area (Å²) in [5.74, 6) is 0. The van der Waals surface area contributed by atoms with Gasteiger partial charge < -0.3 is 5.11 Å². The third kappa shape index (κ3) is 3.83. The maximum Gasteiger partial charge on any atom is 0.240 e. The number of hydrogen-bond acceptors (Lipinski definition) is 3. The van der Waals surface area contributed by atoms with Crippen LogP contribution in [0.5, 0.6) is 0 Å². The number of fused-ring (bicyclic) bond motifs is 1. The maximum atomic E-state index is 12.5. The number of benzene rings is 2. The van der Waals surface area contributed by atoms with Gasteiger partial charge in [-0.1, -0.05) is 27.5 Å². The largest absolute Gasteiger partial charge is 0.392 e. The Hall–Kier alpha value is -0.920. The Morgan fingerprint density at radius 2 is 1.96 bits per heavy atom. The number of nitrogens with one attached hydrogen (secondary N) is 1. The first-order valence-corrected chi connectivity index (χ1v) is 10.2. The fraction of sp³-hybridized carbons (Fsp3) is 0.294. The Bertz CT molecular complexity index is 853. The minimum absolute atomic E-state index is 0.0110. The molecule has 7 heteroatoms. The molecule has 0 saturated heterocycles. The summed E-state index contributed by atoms with van der Waals surface area (Å²) in [6.45, 7) is -0.0110. The minimum Gasteiger partial charge on any atom is -0.392 e. The van der Waals surface area contributed by atoms with E-state index in [1.807, 2.05) is 12.1 Å². The fourth-order valence-corrected chi connectivity index (χ4v) is 5.04. The average Bonchev–Trinajstić information content (AvgIpc) is 2.53. The van der Waals surface area contributed by atoms with Crippen molar-refractivity contribution >= 4 is 37.6 Å². The Balaban J connectivity index is 1.81. The van der Waals surface area contributed by atoms with Crippen molar-refractivity contribution in [3.63, 3.8) is 0 Å². The van der Waals surface area contributed by atoms with Crippen LogP contribution in [0.3, 0.4) is 0 Å². The van der Waals surface area contributed by atoms with Crippen molar-refractivity contribution in [1.29, 1.82) is 0 Å². The van der Waals surface area contributed by atoms with Gasteiger partial charge in [-0.05, 0) is 72.4 Å². The van der Waals surface area contributed by atoms with Crippen LogP contribution in [0.25, 0.3) is 0 Å². The molecule has 0 aromatic heterocycles. The molecule has 0 aliphatic heterocycles. The van der Waals surface area contributed by atoms with Gasteiger partial charge in [-0.25, -0.2) is 13.1 Å². The second-order valence-corrected chi connectivity index (χ2v) is 8.94. The summed E-state index contributed by atoms with van der Waals surface area (Å²) in [5, 5.41) is 10.0. The molecule has 2 N–H and O–H groups in total. The standard InChI is InChI=1S/C17H17BrClNO3S/c18-13-7-11-9-15(3-6-17(11)12(8-13)10-21)20-24(22,23)16-4-1-14(19)2-5-16/h1-2,4-5,7-8,15,20-21H,3,6,9-10H2. The van der Waals surface area contributed by atoms with Crippen LogP contribution in [-0.2, 0) is 29.5 Å². The Morgan fingerprint density at radius 3 is 2.62 bits per heavy atom. The topological polar surface area (TPSA) is 66.4 Å². The second kappa shape index (κ2) is 7.14. The molecule has 0 saturated carbocycles. The van der Waals surface area contributed by atoms with E-state index < -0.39 is 10.0 Å². The highest BCUT2D eigenvalue weighted by Gasteiger charge is 2.25. The summed E-state index contributed by atoms with van der Waals surface area (Å²) < 4.78 is 28.7. The first-order valence-electron chi connectivity index (χ1n) is 7.58. The lowest BCUT2D eigenvalue weighted by Crippen LogP contribution is -2.39. The summed E-state index contributed by atoms with van der Waals surface area (Å²) in [7, 11) is -3.57. The minimum atomic E-state index is -3.57. The van der Waals surface area contributed by atoms with E-state index in [1.54, 1.807) is 12.1 Å². The molecule has 128 valence electrons. The second-order valence-electron chi connectivity index (χ2n) is 5.88. The number of sulfonamides is 1. The molecule has 0 amide bonds. The van der Waals surface area contributed by atoms with Gasteiger partial charge in [0.1, 0.15) is 0 Å². The lowest BCUT2D eigenvalue weighted by molar-refractivity contribution is 0.279. The SMILES string of the molecule is O=S(=O)(NC1CCc2c(CO)cc(Br)cc2C1)c1ccc(Cl)cc1. The molecule has 1 unspecified atom stereocenters. The molecular weight excluding hydrogens is 414 g/mol. The van der Waals surface area contributed by atoms with Crippen molar-refractivity contribution in [2.75, 3.05) is 0 Å². The van der Waals surface area contributed by atoms with Crippen LogP contribution in [0.1, 0.15) is 23.1 Å². The normalized spacial score (nSPS) is 17.5.